The van der Waals surface area contributed by atoms with E-state index in [-0.39, 0.29) is 5.69 Å². The third kappa shape index (κ3) is 6.28. The molecule has 1 aliphatic rings. The number of benzene rings is 1. The lowest BCUT2D eigenvalue weighted by atomic mass is 10.1. The summed E-state index contributed by atoms with van der Waals surface area (Å²) < 4.78 is 40.4. The average molecular weight is 416 g/mol. The van der Waals surface area contributed by atoms with Crippen molar-refractivity contribution >= 4 is 11.6 Å². The maximum atomic E-state index is 13.1. The van der Waals surface area contributed by atoms with Crippen molar-refractivity contribution in [1.82, 2.24) is 9.78 Å². The van der Waals surface area contributed by atoms with Gasteiger partial charge in [0.2, 0.25) is 0 Å². The van der Waals surface area contributed by atoms with Crippen LogP contribution in [0.2, 0.25) is 0 Å². The van der Waals surface area contributed by atoms with Gasteiger partial charge >= 0.3 is 6.18 Å². The highest BCUT2D eigenvalue weighted by Gasteiger charge is 2.40. The first-order valence-electron chi connectivity index (χ1n) is 9.05. The number of fused-ring (bicyclic) bond motifs is 1. The van der Waals surface area contributed by atoms with Crippen LogP contribution in [0.3, 0.4) is 0 Å². The summed E-state index contributed by atoms with van der Waals surface area (Å²) in [4.78, 5) is 12.5. The maximum Gasteiger partial charge on any atom is 0.435 e. The highest BCUT2D eigenvalue weighted by atomic mass is 19.4. The Morgan fingerprint density at radius 2 is 1.69 bits per heavy atom. The van der Waals surface area contributed by atoms with Crippen molar-refractivity contribution in [3.63, 3.8) is 0 Å². The van der Waals surface area contributed by atoms with Crippen LogP contribution in [0.15, 0.2) is 18.2 Å². The van der Waals surface area contributed by atoms with Gasteiger partial charge in [0.15, 0.2) is 5.69 Å². The molecular formula is C19H31F3N6O. The summed E-state index contributed by atoms with van der Waals surface area (Å²) in [6.45, 7) is 1.45. The topological polar surface area (TPSA) is 125 Å². The molecule has 0 radical (unpaired) electrons. The van der Waals surface area contributed by atoms with Crippen LogP contribution in [0.5, 0.6) is 0 Å². The summed E-state index contributed by atoms with van der Waals surface area (Å²) in [5.74, 6) is -0.775. The van der Waals surface area contributed by atoms with Crippen LogP contribution in [0.25, 0.3) is 0 Å². The molecular weight excluding hydrogens is 385 g/mol. The minimum atomic E-state index is -4.67. The van der Waals surface area contributed by atoms with Crippen molar-refractivity contribution in [2.24, 2.45) is 24.2 Å². The summed E-state index contributed by atoms with van der Waals surface area (Å²) in [5, 5.41) is 6.08. The fourth-order valence-electron chi connectivity index (χ4n) is 3.00. The number of amides is 1. The first-order chi connectivity index (χ1) is 13.8. The van der Waals surface area contributed by atoms with Gasteiger partial charge in [-0.05, 0) is 64.5 Å². The van der Waals surface area contributed by atoms with E-state index >= 15 is 0 Å². The molecule has 0 unspecified atom stereocenters. The smallest absolute Gasteiger partial charge is 0.333 e. The third-order valence-electron chi connectivity index (χ3n) is 4.22. The predicted molar refractivity (Wildman–Crippen MR) is 110 cm³/mol. The zero-order valence-corrected chi connectivity index (χ0v) is 17.5. The van der Waals surface area contributed by atoms with Gasteiger partial charge in [-0.3, -0.25) is 9.48 Å². The number of carbonyl (C=O) groups is 1. The Morgan fingerprint density at radius 3 is 2.24 bits per heavy atom. The van der Waals surface area contributed by atoms with Gasteiger partial charge in [-0.15, -0.1) is 0 Å². The molecule has 0 saturated heterocycles. The molecule has 1 aromatic carbocycles. The number of aryl methyl sites for hydroxylation is 2. The predicted octanol–water partition coefficient (Wildman–Crippen LogP) is 2.21. The molecule has 1 aromatic heterocycles. The number of nitrogens with zero attached hydrogens (tertiary/aromatic N) is 2. The zero-order chi connectivity index (χ0) is 22.8. The average Bonchev–Trinajstić information content (AvgIpc) is 3.32. The van der Waals surface area contributed by atoms with E-state index in [9.17, 15) is 18.0 Å². The van der Waals surface area contributed by atoms with E-state index in [4.69, 9.17) is 0 Å². The van der Waals surface area contributed by atoms with Crippen molar-refractivity contribution in [2.75, 3.05) is 26.5 Å². The quantitative estimate of drug-likeness (QED) is 0.597. The highest BCUT2D eigenvalue weighted by Crippen LogP contribution is 2.34. The van der Waals surface area contributed by atoms with Gasteiger partial charge in [0.25, 0.3) is 5.91 Å². The normalized spacial score (nSPS) is 11.7. The van der Waals surface area contributed by atoms with E-state index in [0.717, 1.165) is 35.1 Å². The Morgan fingerprint density at radius 1 is 1.10 bits per heavy atom. The Bertz CT molecular complexity index is 787. The molecule has 2 aromatic rings. The lowest BCUT2D eigenvalue weighted by molar-refractivity contribution is -0.141. The van der Waals surface area contributed by atoms with Crippen molar-refractivity contribution in [3.8, 4) is 0 Å². The molecule has 0 saturated carbocycles. The third-order valence-corrected chi connectivity index (χ3v) is 4.22. The van der Waals surface area contributed by atoms with E-state index in [1.807, 2.05) is 6.07 Å². The lowest BCUT2D eigenvalue weighted by Crippen LogP contribution is -2.19. The maximum absolute atomic E-state index is 13.1. The van der Waals surface area contributed by atoms with Crippen LogP contribution in [-0.4, -0.2) is 36.8 Å². The van der Waals surface area contributed by atoms with Crippen molar-refractivity contribution < 1.29 is 18.0 Å². The number of hydrogen-bond donors (Lipinski definition) is 4. The molecule has 1 heterocycles. The highest BCUT2D eigenvalue weighted by molar-refractivity contribution is 6.06. The van der Waals surface area contributed by atoms with Gasteiger partial charge in [-0.1, -0.05) is 12.1 Å². The minimum Gasteiger partial charge on any atom is -0.333 e. The number of anilines is 1. The largest absolute Gasteiger partial charge is 0.435 e. The molecule has 7 nitrogen and oxygen atoms in total. The van der Waals surface area contributed by atoms with Crippen LogP contribution in [0, 0.1) is 6.92 Å². The van der Waals surface area contributed by atoms with Crippen LogP contribution in [0.1, 0.15) is 39.3 Å². The first-order valence-corrected chi connectivity index (χ1v) is 9.05. The van der Waals surface area contributed by atoms with E-state index in [0.29, 0.717) is 5.69 Å². The Kier molecular flexibility index (Phi) is 11.2. The number of carbonyl (C=O) groups excluding carboxylic acids is 1. The van der Waals surface area contributed by atoms with Crippen molar-refractivity contribution in [2.45, 2.75) is 32.4 Å². The van der Waals surface area contributed by atoms with Gasteiger partial charge in [-0.25, -0.2) is 0 Å². The van der Waals surface area contributed by atoms with Gasteiger partial charge in [0.1, 0.15) is 0 Å². The minimum absolute atomic E-state index is 0.183. The number of aromatic nitrogens is 2. The molecule has 1 amide bonds. The lowest BCUT2D eigenvalue weighted by Gasteiger charge is -2.11. The summed E-state index contributed by atoms with van der Waals surface area (Å²) in [6.07, 6.45) is -1.93. The summed E-state index contributed by atoms with van der Waals surface area (Å²) in [5.41, 5.74) is 14.8. The molecule has 0 aliphatic heterocycles. The van der Waals surface area contributed by atoms with Crippen LogP contribution in [0.4, 0.5) is 18.9 Å². The SMILES string of the molecule is CN.CN.CN.Cc1c(C(=O)Nc2cccc3c2CCC3)c(C(F)(F)F)nn1C. The van der Waals surface area contributed by atoms with Crippen LogP contribution < -0.4 is 22.5 Å². The molecule has 10 heteroatoms. The second kappa shape index (κ2) is 12.2. The monoisotopic (exact) mass is 416 g/mol. The summed E-state index contributed by atoms with van der Waals surface area (Å²) in [7, 11) is 5.89. The number of rotatable bonds is 2. The van der Waals surface area contributed by atoms with Crippen molar-refractivity contribution in [1.29, 1.82) is 0 Å². The van der Waals surface area contributed by atoms with Gasteiger partial charge in [0.05, 0.1) is 5.56 Å². The molecule has 0 bridgehead atoms. The molecule has 0 atom stereocenters. The van der Waals surface area contributed by atoms with Crippen molar-refractivity contribution in [3.05, 3.63) is 46.3 Å². The molecule has 29 heavy (non-hydrogen) atoms. The number of nitrogens with two attached hydrogens (primary N) is 3. The first kappa shape index (κ1) is 26.6. The van der Waals surface area contributed by atoms with Crippen LogP contribution >= 0.6 is 0 Å². The summed E-state index contributed by atoms with van der Waals surface area (Å²) >= 11 is 0. The Labute approximate surface area is 169 Å². The number of alkyl halides is 3. The zero-order valence-electron chi connectivity index (χ0n) is 17.5. The molecule has 0 fully saturated rings. The molecule has 1 aliphatic carbocycles. The van der Waals surface area contributed by atoms with E-state index in [1.165, 1.54) is 35.1 Å². The molecule has 3 rings (SSSR count). The van der Waals surface area contributed by atoms with E-state index in [1.54, 1.807) is 12.1 Å². The number of halogens is 3. The molecule has 164 valence electrons. The second-order valence-electron chi connectivity index (χ2n) is 5.68. The van der Waals surface area contributed by atoms with Crippen LogP contribution in [-0.2, 0) is 26.1 Å². The fourth-order valence-corrected chi connectivity index (χ4v) is 3.00. The van der Waals surface area contributed by atoms with Gasteiger partial charge < -0.3 is 22.5 Å². The van der Waals surface area contributed by atoms with Gasteiger partial charge in [-0.2, -0.15) is 18.3 Å². The Hall–Kier alpha value is -2.43. The molecule has 0 spiro atoms. The fraction of sp³-hybridized carbons (Fsp3) is 0.474. The second-order valence-corrected chi connectivity index (χ2v) is 5.68. The number of nitrogens with one attached hydrogen (secondary N) is 1. The van der Waals surface area contributed by atoms with E-state index in [2.05, 4.69) is 27.6 Å². The van der Waals surface area contributed by atoms with Gasteiger partial charge in [0, 0.05) is 18.4 Å². The van der Waals surface area contributed by atoms with E-state index < -0.39 is 23.3 Å². The number of hydrogen-bond acceptors (Lipinski definition) is 5. The molecule has 7 N–H and O–H groups in total. The standard InChI is InChI=1S/C16H16F3N3O.3CH5N/c1-9-13(14(16(17,18)19)21-22(9)2)15(23)20-12-8-4-6-10-5-3-7-11(10)12;3*1-2/h4,6,8H,3,5,7H2,1-2H3,(H,20,23);3*2H2,1H3. The summed E-state index contributed by atoms with van der Waals surface area (Å²) in [6, 6.07) is 5.51. The Balaban J connectivity index is 0.00000120.